The van der Waals surface area contributed by atoms with Gasteiger partial charge in [-0.1, -0.05) is 13.0 Å². The standard InChI is InChI=1S/C20H26O3/c1-12(21)23-15-10-19-18-5-3-13-9-14(22)4-6-16(13)17(18)7-8-20(19,2)11-15/h4,6,9,15,17-19,22H,3,5,7-8,10-11H2,1-2H3. The molecule has 3 aliphatic carbocycles. The first-order valence-corrected chi connectivity index (χ1v) is 8.95. The van der Waals surface area contributed by atoms with Gasteiger partial charge in [-0.15, -0.1) is 0 Å². The molecule has 2 fully saturated rings. The summed E-state index contributed by atoms with van der Waals surface area (Å²) in [5.74, 6) is 2.23. The summed E-state index contributed by atoms with van der Waals surface area (Å²) < 4.78 is 5.56. The number of fused-ring (bicyclic) bond motifs is 5. The number of aromatic hydroxyl groups is 1. The zero-order valence-electron chi connectivity index (χ0n) is 14.0. The van der Waals surface area contributed by atoms with E-state index in [-0.39, 0.29) is 12.1 Å². The van der Waals surface area contributed by atoms with E-state index in [4.69, 9.17) is 4.74 Å². The van der Waals surface area contributed by atoms with Crippen LogP contribution in [0, 0.1) is 17.3 Å². The quantitative estimate of drug-likeness (QED) is 0.791. The zero-order valence-corrected chi connectivity index (χ0v) is 14.0. The van der Waals surface area contributed by atoms with Crippen molar-refractivity contribution in [3.8, 4) is 5.75 Å². The van der Waals surface area contributed by atoms with Crippen molar-refractivity contribution in [1.82, 2.24) is 0 Å². The molecule has 2 saturated carbocycles. The molecule has 5 unspecified atom stereocenters. The number of hydrogen-bond donors (Lipinski definition) is 1. The molecule has 0 aromatic heterocycles. The lowest BCUT2D eigenvalue weighted by Crippen LogP contribution is -2.39. The molecule has 23 heavy (non-hydrogen) atoms. The molecule has 5 atom stereocenters. The normalized spacial score (nSPS) is 38.3. The maximum absolute atomic E-state index is 11.3. The van der Waals surface area contributed by atoms with Crippen LogP contribution < -0.4 is 0 Å². The lowest BCUT2D eigenvalue weighted by Gasteiger charge is -2.49. The highest BCUT2D eigenvalue weighted by Crippen LogP contribution is 2.61. The predicted octanol–water partition coefficient (Wildman–Crippen LogP) is 4.18. The number of carbonyl (C=O) groups is 1. The molecule has 0 heterocycles. The van der Waals surface area contributed by atoms with Crippen molar-refractivity contribution in [3.05, 3.63) is 29.3 Å². The average molecular weight is 314 g/mol. The highest BCUT2D eigenvalue weighted by Gasteiger charge is 2.53. The molecule has 0 radical (unpaired) electrons. The summed E-state index contributed by atoms with van der Waals surface area (Å²) >= 11 is 0. The number of carbonyl (C=O) groups excluding carboxylic acids is 1. The molecule has 0 spiro atoms. The van der Waals surface area contributed by atoms with Crippen LogP contribution in [0.2, 0.25) is 0 Å². The van der Waals surface area contributed by atoms with Crippen LogP contribution in [0.5, 0.6) is 5.75 Å². The third-order valence-corrected chi connectivity index (χ3v) is 6.77. The van der Waals surface area contributed by atoms with E-state index in [0.717, 1.165) is 19.3 Å². The van der Waals surface area contributed by atoms with Crippen LogP contribution in [0.25, 0.3) is 0 Å². The predicted molar refractivity (Wildman–Crippen MR) is 88.3 cm³/mol. The monoisotopic (exact) mass is 314 g/mol. The van der Waals surface area contributed by atoms with Crippen LogP contribution in [0.15, 0.2) is 18.2 Å². The van der Waals surface area contributed by atoms with Crippen molar-refractivity contribution in [3.63, 3.8) is 0 Å². The van der Waals surface area contributed by atoms with E-state index >= 15 is 0 Å². The summed E-state index contributed by atoms with van der Waals surface area (Å²) in [4.78, 5) is 11.3. The maximum Gasteiger partial charge on any atom is 0.302 e. The molecule has 0 saturated heterocycles. The summed E-state index contributed by atoms with van der Waals surface area (Å²) in [7, 11) is 0. The smallest absolute Gasteiger partial charge is 0.302 e. The van der Waals surface area contributed by atoms with Crippen LogP contribution in [-0.2, 0) is 16.0 Å². The van der Waals surface area contributed by atoms with Gasteiger partial charge < -0.3 is 9.84 Å². The summed E-state index contributed by atoms with van der Waals surface area (Å²) in [6.45, 7) is 3.93. The third-order valence-electron chi connectivity index (χ3n) is 6.77. The van der Waals surface area contributed by atoms with E-state index in [1.165, 1.54) is 37.3 Å². The van der Waals surface area contributed by atoms with Crippen LogP contribution in [0.3, 0.4) is 0 Å². The topological polar surface area (TPSA) is 46.5 Å². The first kappa shape index (κ1) is 15.0. The summed E-state index contributed by atoms with van der Waals surface area (Å²) in [5, 5.41) is 9.75. The van der Waals surface area contributed by atoms with E-state index in [9.17, 15) is 9.90 Å². The van der Waals surface area contributed by atoms with Gasteiger partial charge in [-0.3, -0.25) is 4.79 Å². The Hall–Kier alpha value is -1.51. The molecule has 4 rings (SSSR count). The minimum Gasteiger partial charge on any atom is -0.508 e. The van der Waals surface area contributed by atoms with Gasteiger partial charge in [0.25, 0.3) is 0 Å². The largest absolute Gasteiger partial charge is 0.508 e. The molecule has 1 aromatic carbocycles. The minimum atomic E-state index is -0.140. The highest BCUT2D eigenvalue weighted by atomic mass is 16.5. The lowest BCUT2D eigenvalue weighted by atomic mass is 9.56. The van der Waals surface area contributed by atoms with Crippen LogP contribution in [0.1, 0.15) is 63.0 Å². The van der Waals surface area contributed by atoms with Crippen LogP contribution in [0.4, 0.5) is 0 Å². The van der Waals surface area contributed by atoms with Gasteiger partial charge >= 0.3 is 5.97 Å². The Bertz CT molecular complexity index is 638. The number of ether oxygens (including phenoxy) is 1. The van der Waals surface area contributed by atoms with Crippen molar-refractivity contribution in [2.24, 2.45) is 17.3 Å². The fraction of sp³-hybridized carbons (Fsp3) is 0.650. The van der Waals surface area contributed by atoms with Gasteiger partial charge in [0.1, 0.15) is 11.9 Å². The van der Waals surface area contributed by atoms with Crippen LogP contribution >= 0.6 is 0 Å². The summed E-state index contributed by atoms with van der Waals surface area (Å²) in [5.41, 5.74) is 3.12. The minimum absolute atomic E-state index is 0.113. The Morgan fingerprint density at radius 1 is 1.35 bits per heavy atom. The van der Waals surface area contributed by atoms with Gasteiger partial charge in [0.15, 0.2) is 0 Å². The first-order chi connectivity index (χ1) is 11.0. The molecule has 3 heteroatoms. The number of rotatable bonds is 1. The van der Waals surface area contributed by atoms with Gasteiger partial charge in [0, 0.05) is 6.92 Å². The Balaban J connectivity index is 1.61. The molecule has 0 amide bonds. The third kappa shape index (κ3) is 2.45. The van der Waals surface area contributed by atoms with Gasteiger partial charge in [0.05, 0.1) is 0 Å². The average Bonchev–Trinajstić information content (AvgIpc) is 2.81. The molecule has 124 valence electrons. The van der Waals surface area contributed by atoms with Crippen molar-refractivity contribution >= 4 is 5.97 Å². The van der Waals surface area contributed by atoms with E-state index in [0.29, 0.717) is 28.9 Å². The number of aryl methyl sites for hydroxylation is 1. The SMILES string of the molecule is CC(=O)OC1CC2C3CCc4cc(O)ccc4C3CCC2(C)C1. The van der Waals surface area contributed by atoms with Crippen LogP contribution in [-0.4, -0.2) is 17.2 Å². The Kier molecular flexibility index (Phi) is 3.44. The second kappa shape index (κ2) is 5.25. The molecular weight excluding hydrogens is 288 g/mol. The molecule has 0 aliphatic heterocycles. The lowest BCUT2D eigenvalue weighted by molar-refractivity contribution is -0.146. The second-order valence-electron chi connectivity index (χ2n) is 8.16. The Labute approximate surface area is 138 Å². The van der Waals surface area contributed by atoms with E-state index in [2.05, 4.69) is 13.0 Å². The highest BCUT2D eigenvalue weighted by molar-refractivity contribution is 5.66. The maximum atomic E-state index is 11.3. The van der Waals surface area contributed by atoms with E-state index in [1.54, 1.807) is 0 Å². The number of phenols is 1. The Morgan fingerprint density at radius 2 is 2.17 bits per heavy atom. The molecule has 1 aromatic rings. The number of esters is 1. The number of hydrogen-bond acceptors (Lipinski definition) is 3. The number of phenolic OH excluding ortho intramolecular Hbond substituents is 1. The van der Waals surface area contributed by atoms with Crippen molar-refractivity contribution < 1.29 is 14.6 Å². The van der Waals surface area contributed by atoms with E-state index < -0.39 is 0 Å². The van der Waals surface area contributed by atoms with Crippen molar-refractivity contribution in [1.29, 1.82) is 0 Å². The molecular formula is C20H26O3. The Morgan fingerprint density at radius 3 is 2.96 bits per heavy atom. The fourth-order valence-electron chi connectivity index (χ4n) is 5.89. The molecule has 3 nitrogen and oxygen atoms in total. The number of benzene rings is 1. The molecule has 1 N–H and O–H groups in total. The summed E-state index contributed by atoms with van der Waals surface area (Å²) in [6, 6.07) is 5.93. The van der Waals surface area contributed by atoms with Gasteiger partial charge in [-0.05, 0) is 85.0 Å². The molecule has 3 aliphatic rings. The zero-order chi connectivity index (χ0) is 16.2. The fourth-order valence-corrected chi connectivity index (χ4v) is 5.89. The molecule has 0 bridgehead atoms. The van der Waals surface area contributed by atoms with Crippen molar-refractivity contribution in [2.75, 3.05) is 0 Å². The summed E-state index contributed by atoms with van der Waals surface area (Å²) in [6.07, 6.45) is 6.89. The van der Waals surface area contributed by atoms with Crippen molar-refractivity contribution in [2.45, 2.75) is 64.4 Å². The first-order valence-electron chi connectivity index (χ1n) is 8.95. The van der Waals surface area contributed by atoms with Gasteiger partial charge in [0.2, 0.25) is 0 Å². The second-order valence-corrected chi connectivity index (χ2v) is 8.16. The van der Waals surface area contributed by atoms with E-state index in [1.807, 2.05) is 12.1 Å². The van der Waals surface area contributed by atoms with Gasteiger partial charge in [-0.2, -0.15) is 0 Å². The van der Waals surface area contributed by atoms with Gasteiger partial charge in [-0.25, -0.2) is 0 Å².